The zero-order valence-corrected chi connectivity index (χ0v) is 8.22. The van der Waals surface area contributed by atoms with E-state index >= 15 is 0 Å². The zero-order chi connectivity index (χ0) is 12.3. The van der Waals surface area contributed by atoms with Gasteiger partial charge in [0.1, 0.15) is 11.4 Å². The molecule has 0 aliphatic rings. The van der Waals surface area contributed by atoms with E-state index in [1.54, 1.807) is 0 Å². The van der Waals surface area contributed by atoms with Gasteiger partial charge in [-0.25, -0.2) is 18.0 Å². The smallest absolute Gasteiger partial charge is 0.344 e. The van der Waals surface area contributed by atoms with Gasteiger partial charge in [0.2, 0.25) is 0 Å². The van der Waals surface area contributed by atoms with Crippen LogP contribution in [0, 0.1) is 5.82 Å². The van der Waals surface area contributed by atoms with Crippen LogP contribution in [0.25, 0.3) is 0 Å². The van der Waals surface area contributed by atoms with Crippen molar-refractivity contribution >= 4 is 5.97 Å². The summed E-state index contributed by atoms with van der Waals surface area (Å²) >= 11 is 0. The molecule has 0 aromatic carbocycles. The molecular weight excluding hydrogens is 227 g/mol. The molecule has 0 aliphatic carbocycles. The van der Waals surface area contributed by atoms with Gasteiger partial charge in [0.05, 0.1) is 12.2 Å². The van der Waals surface area contributed by atoms with Crippen LogP contribution < -0.4 is 5.56 Å². The Hall–Kier alpha value is -1.79. The Bertz CT molecular complexity index is 456. The highest BCUT2D eigenvalue weighted by Gasteiger charge is 2.26. The number of aromatic amines is 1. The molecule has 0 saturated carbocycles. The number of pyridine rings is 1. The summed E-state index contributed by atoms with van der Waals surface area (Å²) in [5.74, 6) is -2.61. The molecule has 16 heavy (non-hydrogen) atoms. The predicted molar refractivity (Wildman–Crippen MR) is 47.9 cm³/mol. The first-order valence-corrected chi connectivity index (χ1v) is 4.35. The first kappa shape index (κ1) is 12.3. The van der Waals surface area contributed by atoms with Gasteiger partial charge < -0.3 is 9.72 Å². The monoisotopic (exact) mass is 235 g/mol. The van der Waals surface area contributed by atoms with Crippen LogP contribution in [-0.2, 0) is 4.74 Å². The van der Waals surface area contributed by atoms with Crippen molar-refractivity contribution in [3.8, 4) is 0 Å². The largest absolute Gasteiger partial charge is 0.462 e. The highest BCUT2D eigenvalue weighted by molar-refractivity contribution is 5.90. The molecule has 0 spiro atoms. The molecule has 0 fully saturated rings. The summed E-state index contributed by atoms with van der Waals surface area (Å²) in [6.07, 6.45) is -2.78. The molecule has 1 heterocycles. The Morgan fingerprint density at radius 3 is 2.69 bits per heavy atom. The van der Waals surface area contributed by atoms with Crippen LogP contribution in [0.2, 0.25) is 0 Å². The van der Waals surface area contributed by atoms with Crippen molar-refractivity contribution in [2.45, 2.75) is 13.3 Å². The lowest BCUT2D eigenvalue weighted by Crippen LogP contribution is -2.23. The molecule has 1 aromatic rings. The predicted octanol–water partition coefficient (Wildman–Crippen LogP) is 1.63. The SMILES string of the molecule is CCOC(=O)c1c(C(F)F)c(F)c[nH]c1=O. The second-order valence-corrected chi connectivity index (χ2v) is 2.78. The third-order valence-corrected chi connectivity index (χ3v) is 1.78. The molecule has 0 saturated heterocycles. The number of hydrogen-bond acceptors (Lipinski definition) is 3. The van der Waals surface area contributed by atoms with Crippen molar-refractivity contribution in [3.63, 3.8) is 0 Å². The van der Waals surface area contributed by atoms with Crippen molar-refractivity contribution in [3.05, 3.63) is 33.5 Å². The van der Waals surface area contributed by atoms with Crippen LogP contribution in [0.1, 0.15) is 29.3 Å². The lowest BCUT2D eigenvalue weighted by molar-refractivity contribution is 0.0510. The topological polar surface area (TPSA) is 59.2 Å². The van der Waals surface area contributed by atoms with Gasteiger partial charge in [0, 0.05) is 6.20 Å². The van der Waals surface area contributed by atoms with Crippen LogP contribution in [0.15, 0.2) is 11.0 Å². The first-order chi connectivity index (χ1) is 7.49. The maximum atomic E-state index is 13.0. The number of rotatable bonds is 3. The lowest BCUT2D eigenvalue weighted by Gasteiger charge is -2.07. The quantitative estimate of drug-likeness (QED) is 0.810. The van der Waals surface area contributed by atoms with Crippen LogP contribution in [0.3, 0.4) is 0 Å². The molecule has 0 aliphatic heterocycles. The van der Waals surface area contributed by atoms with Crippen molar-refractivity contribution in [2.24, 2.45) is 0 Å². The number of H-pyrrole nitrogens is 1. The third kappa shape index (κ3) is 2.23. The van der Waals surface area contributed by atoms with E-state index in [2.05, 4.69) is 4.74 Å². The summed E-state index contributed by atoms with van der Waals surface area (Å²) in [4.78, 5) is 24.2. The molecule has 0 radical (unpaired) electrons. The number of halogens is 3. The lowest BCUT2D eigenvalue weighted by atomic mass is 10.1. The average molecular weight is 235 g/mol. The van der Waals surface area contributed by atoms with E-state index in [9.17, 15) is 22.8 Å². The summed E-state index contributed by atoms with van der Waals surface area (Å²) in [5, 5.41) is 0. The standard InChI is InChI=1S/C9H8F3NO3/c1-2-16-9(15)6-5(7(11)12)4(10)3-13-8(6)14/h3,7H,2H2,1H3,(H,13,14). The van der Waals surface area contributed by atoms with E-state index in [1.807, 2.05) is 4.98 Å². The molecule has 1 rings (SSSR count). The van der Waals surface area contributed by atoms with E-state index < -0.39 is 34.9 Å². The Morgan fingerprint density at radius 2 is 2.19 bits per heavy atom. The molecule has 0 atom stereocenters. The molecule has 4 nitrogen and oxygen atoms in total. The van der Waals surface area contributed by atoms with Crippen LogP contribution in [0.4, 0.5) is 13.2 Å². The summed E-state index contributed by atoms with van der Waals surface area (Å²) in [6, 6.07) is 0. The molecule has 1 N–H and O–H groups in total. The fourth-order valence-electron chi connectivity index (χ4n) is 1.14. The molecular formula is C9H8F3NO3. The average Bonchev–Trinajstić information content (AvgIpc) is 2.20. The van der Waals surface area contributed by atoms with Crippen molar-refractivity contribution in [1.82, 2.24) is 4.98 Å². The third-order valence-electron chi connectivity index (χ3n) is 1.78. The summed E-state index contributed by atoms with van der Waals surface area (Å²) in [7, 11) is 0. The maximum Gasteiger partial charge on any atom is 0.344 e. The minimum atomic E-state index is -3.26. The number of carbonyl (C=O) groups is 1. The molecule has 7 heteroatoms. The van der Waals surface area contributed by atoms with Crippen LogP contribution in [-0.4, -0.2) is 17.6 Å². The molecule has 88 valence electrons. The highest BCUT2D eigenvalue weighted by Crippen LogP contribution is 2.23. The molecule has 1 aromatic heterocycles. The maximum absolute atomic E-state index is 13.0. The number of carbonyl (C=O) groups excluding carboxylic acids is 1. The Labute approximate surface area is 88.0 Å². The second-order valence-electron chi connectivity index (χ2n) is 2.78. The van der Waals surface area contributed by atoms with Crippen molar-refractivity contribution in [2.75, 3.05) is 6.61 Å². The number of hydrogen-bond donors (Lipinski definition) is 1. The summed E-state index contributed by atoms with van der Waals surface area (Å²) in [6.45, 7) is 1.34. The summed E-state index contributed by atoms with van der Waals surface area (Å²) < 4.78 is 42.4. The van der Waals surface area contributed by atoms with Crippen molar-refractivity contribution < 1.29 is 22.7 Å². The van der Waals surface area contributed by atoms with E-state index in [4.69, 9.17) is 0 Å². The van der Waals surface area contributed by atoms with Crippen molar-refractivity contribution in [1.29, 1.82) is 0 Å². The van der Waals surface area contributed by atoms with Gasteiger partial charge in [-0.05, 0) is 6.92 Å². The van der Waals surface area contributed by atoms with Crippen LogP contribution in [0.5, 0.6) is 0 Å². The Balaban J connectivity index is 3.40. The first-order valence-electron chi connectivity index (χ1n) is 4.35. The minimum absolute atomic E-state index is 0.0997. The minimum Gasteiger partial charge on any atom is -0.462 e. The Morgan fingerprint density at radius 1 is 1.56 bits per heavy atom. The van der Waals surface area contributed by atoms with E-state index in [0.29, 0.717) is 6.20 Å². The molecule has 0 amide bonds. The highest BCUT2D eigenvalue weighted by atomic mass is 19.3. The van der Waals surface area contributed by atoms with E-state index in [0.717, 1.165) is 0 Å². The van der Waals surface area contributed by atoms with Gasteiger partial charge in [-0.1, -0.05) is 0 Å². The zero-order valence-electron chi connectivity index (χ0n) is 8.22. The number of nitrogens with one attached hydrogen (secondary N) is 1. The number of esters is 1. The van der Waals surface area contributed by atoms with Gasteiger partial charge >= 0.3 is 5.97 Å². The van der Waals surface area contributed by atoms with E-state index in [-0.39, 0.29) is 6.61 Å². The normalized spacial score (nSPS) is 10.6. The van der Waals surface area contributed by atoms with E-state index in [1.165, 1.54) is 6.92 Å². The number of aromatic nitrogens is 1. The fraction of sp³-hybridized carbons (Fsp3) is 0.333. The van der Waals surface area contributed by atoms with Crippen LogP contribution >= 0.6 is 0 Å². The molecule has 0 bridgehead atoms. The van der Waals surface area contributed by atoms with Gasteiger partial charge in [-0.15, -0.1) is 0 Å². The molecule has 0 unspecified atom stereocenters. The number of alkyl halides is 2. The second kappa shape index (κ2) is 4.82. The fourth-order valence-corrected chi connectivity index (χ4v) is 1.14. The Kier molecular flexibility index (Phi) is 3.70. The van der Waals surface area contributed by atoms with Gasteiger partial charge in [0.25, 0.3) is 12.0 Å². The van der Waals surface area contributed by atoms with Gasteiger partial charge in [-0.3, -0.25) is 4.79 Å². The summed E-state index contributed by atoms with van der Waals surface area (Å²) in [5.41, 5.74) is -3.32. The van der Waals surface area contributed by atoms with Gasteiger partial charge in [0.15, 0.2) is 0 Å². The number of ether oxygens (including phenoxy) is 1. The van der Waals surface area contributed by atoms with Gasteiger partial charge in [-0.2, -0.15) is 0 Å².